The minimum Gasteiger partial charge on any atom is -0.423 e. The third-order valence-electron chi connectivity index (χ3n) is 1.16. The lowest BCUT2D eigenvalue weighted by Crippen LogP contribution is -2.19. The Kier molecular flexibility index (Phi) is 5.43. The lowest BCUT2D eigenvalue weighted by Gasteiger charge is -2.01. The molecule has 8 heteroatoms. The Bertz CT molecular complexity index is 228. The molecular formula is C6H10BF3N2O2. The summed E-state index contributed by atoms with van der Waals surface area (Å²) in [4.78, 5) is 2.99. The number of hydrogen-bond donors (Lipinski definition) is 3. The van der Waals surface area contributed by atoms with Gasteiger partial charge in [0.25, 0.3) is 0 Å². The van der Waals surface area contributed by atoms with Crippen molar-refractivity contribution in [2.24, 2.45) is 10.7 Å². The Hall–Kier alpha value is -0.855. The maximum atomic E-state index is 11.6. The van der Waals surface area contributed by atoms with Gasteiger partial charge in [0, 0.05) is 12.8 Å². The van der Waals surface area contributed by atoms with Gasteiger partial charge in [0.1, 0.15) is 6.54 Å². The van der Waals surface area contributed by atoms with Crippen molar-refractivity contribution < 1.29 is 23.2 Å². The number of rotatable bonds is 4. The highest BCUT2D eigenvalue weighted by molar-refractivity contribution is 6.57. The van der Waals surface area contributed by atoms with Crippen molar-refractivity contribution in [2.75, 3.05) is 13.1 Å². The van der Waals surface area contributed by atoms with Gasteiger partial charge in [-0.3, -0.25) is 4.99 Å². The first-order chi connectivity index (χ1) is 6.37. The number of nitrogens with zero attached hydrogens (tertiary/aromatic N) is 1. The highest BCUT2D eigenvalue weighted by Crippen LogP contribution is 2.14. The first-order valence-corrected chi connectivity index (χ1v) is 3.69. The Balaban J connectivity index is 4.25. The summed E-state index contributed by atoms with van der Waals surface area (Å²) in [6, 6.07) is 0. The number of halogens is 3. The first-order valence-electron chi connectivity index (χ1n) is 3.69. The number of hydrogen-bond acceptors (Lipinski definition) is 4. The lowest BCUT2D eigenvalue weighted by atomic mass is 9.80. The smallest absolute Gasteiger partial charge is 0.423 e. The van der Waals surface area contributed by atoms with E-state index in [-0.39, 0.29) is 12.0 Å². The largest absolute Gasteiger partial charge is 0.489 e. The van der Waals surface area contributed by atoms with Crippen LogP contribution < -0.4 is 5.73 Å². The van der Waals surface area contributed by atoms with E-state index in [0.717, 1.165) is 6.21 Å². The number of allylic oxidation sites excluding steroid dienone is 1. The molecule has 0 unspecified atom stereocenters. The molecule has 0 aliphatic carbocycles. The van der Waals surface area contributed by atoms with E-state index in [1.54, 1.807) is 0 Å². The van der Waals surface area contributed by atoms with Crippen LogP contribution in [-0.4, -0.2) is 42.6 Å². The molecule has 0 amide bonds. The number of aliphatic imine (C=N–C) groups is 1. The van der Waals surface area contributed by atoms with E-state index in [1.165, 1.54) is 6.08 Å². The van der Waals surface area contributed by atoms with Crippen LogP contribution in [0.5, 0.6) is 0 Å². The maximum absolute atomic E-state index is 11.6. The second kappa shape index (κ2) is 5.79. The molecule has 4 N–H and O–H groups in total. The van der Waals surface area contributed by atoms with E-state index >= 15 is 0 Å². The van der Waals surface area contributed by atoms with E-state index < -0.39 is 19.8 Å². The third kappa shape index (κ3) is 6.64. The van der Waals surface area contributed by atoms with Gasteiger partial charge in [-0.25, -0.2) is 0 Å². The fourth-order valence-electron chi connectivity index (χ4n) is 0.615. The molecule has 0 aromatic rings. The van der Waals surface area contributed by atoms with Crippen LogP contribution in [-0.2, 0) is 0 Å². The van der Waals surface area contributed by atoms with Crippen molar-refractivity contribution in [2.45, 2.75) is 6.18 Å². The van der Waals surface area contributed by atoms with Crippen molar-refractivity contribution in [1.29, 1.82) is 0 Å². The summed E-state index contributed by atoms with van der Waals surface area (Å²) in [5, 5.41) is 17.3. The minimum absolute atomic E-state index is 0.00894. The molecule has 0 atom stereocenters. The van der Waals surface area contributed by atoms with Crippen LogP contribution in [0, 0.1) is 0 Å². The minimum atomic E-state index is -4.40. The number of alkyl halides is 3. The van der Waals surface area contributed by atoms with E-state index in [0.29, 0.717) is 0 Å². The molecule has 0 saturated carbocycles. The average Bonchev–Trinajstić information content (AvgIpc) is 2.00. The van der Waals surface area contributed by atoms with Crippen molar-refractivity contribution in [1.82, 2.24) is 0 Å². The third-order valence-corrected chi connectivity index (χ3v) is 1.16. The zero-order valence-corrected chi connectivity index (χ0v) is 7.20. The lowest BCUT2D eigenvalue weighted by molar-refractivity contribution is -0.118. The van der Waals surface area contributed by atoms with Gasteiger partial charge in [-0.05, 0) is 5.47 Å². The van der Waals surface area contributed by atoms with Crippen molar-refractivity contribution in [3.05, 3.63) is 11.5 Å². The Labute approximate surface area is 79.1 Å². The van der Waals surface area contributed by atoms with Gasteiger partial charge >= 0.3 is 13.3 Å². The van der Waals surface area contributed by atoms with Crippen LogP contribution >= 0.6 is 0 Å². The summed E-state index contributed by atoms with van der Waals surface area (Å²) < 4.78 is 34.8. The van der Waals surface area contributed by atoms with E-state index in [2.05, 4.69) is 4.99 Å². The van der Waals surface area contributed by atoms with E-state index in [1.807, 2.05) is 0 Å². The molecule has 0 bridgehead atoms. The van der Waals surface area contributed by atoms with Crippen LogP contribution in [0.4, 0.5) is 13.2 Å². The fraction of sp³-hybridized carbons (Fsp3) is 0.500. The van der Waals surface area contributed by atoms with E-state index in [9.17, 15) is 13.2 Å². The van der Waals surface area contributed by atoms with Crippen LogP contribution in [0.25, 0.3) is 0 Å². The predicted molar refractivity (Wildman–Crippen MR) is 46.7 cm³/mol. The first kappa shape index (κ1) is 13.1. The van der Waals surface area contributed by atoms with Gasteiger partial charge in [0.05, 0.1) is 0 Å². The van der Waals surface area contributed by atoms with Crippen LogP contribution in [0.1, 0.15) is 0 Å². The molecule has 0 saturated heterocycles. The van der Waals surface area contributed by atoms with E-state index in [4.69, 9.17) is 15.8 Å². The molecule has 0 aromatic carbocycles. The van der Waals surface area contributed by atoms with Gasteiger partial charge in [0.2, 0.25) is 0 Å². The molecule has 14 heavy (non-hydrogen) atoms. The molecule has 0 radical (unpaired) electrons. The molecular weight excluding hydrogens is 200 g/mol. The molecule has 0 aliphatic heterocycles. The molecule has 0 spiro atoms. The van der Waals surface area contributed by atoms with Gasteiger partial charge in [-0.1, -0.05) is 6.08 Å². The Morgan fingerprint density at radius 2 is 2.00 bits per heavy atom. The van der Waals surface area contributed by atoms with Crippen LogP contribution in [0.3, 0.4) is 0 Å². The molecule has 0 aliphatic rings. The summed E-state index contributed by atoms with van der Waals surface area (Å²) in [5.74, 6) is 0. The second-order valence-electron chi connectivity index (χ2n) is 2.40. The molecule has 4 nitrogen and oxygen atoms in total. The molecule has 0 rings (SSSR count). The standard InChI is InChI=1S/C6H10BF3N2O2/c8-6(9,10)4-12-3-5(1-2-11)7(13)14/h1,3,13-14H,2,4,11H2/b5-1-,12-3?. The number of nitrogens with two attached hydrogens (primary N) is 1. The van der Waals surface area contributed by atoms with Crippen LogP contribution in [0.15, 0.2) is 16.5 Å². The zero-order valence-electron chi connectivity index (χ0n) is 7.20. The quantitative estimate of drug-likeness (QED) is 0.433. The SMILES string of the molecule is NC/C=C(/C=NCC(F)(F)F)B(O)O. The Morgan fingerprint density at radius 3 is 2.36 bits per heavy atom. The molecule has 80 valence electrons. The highest BCUT2D eigenvalue weighted by atomic mass is 19.4. The summed E-state index contributed by atoms with van der Waals surface area (Å²) in [7, 11) is -1.87. The van der Waals surface area contributed by atoms with Gasteiger partial charge in [-0.15, -0.1) is 0 Å². The summed E-state index contributed by atoms with van der Waals surface area (Å²) in [6.07, 6.45) is -2.49. The van der Waals surface area contributed by atoms with Crippen molar-refractivity contribution >= 4 is 13.3 Å². The zero-order chi connectivity index (χ0) is 11.2. The average molecular weight is 210 g/mol. The molecule has 0 heterocycles. The Morgan fingerprint density at radius 1 is 1.43 bits per heavy atom. The fourth-order valence-corrected chi connectivity index (χ4v) is 0.615. The summed E-state index contributed by atoms with van der Waals surface area (Å²) in [6.45, 7) is -1.37. The van der Waals surface area contributed by atoms with Gasteiger partial charge < -0.3 is 15.8 Å². The second-order valence-corrected chi connectivity index (χ2v) is 2.40. The van der Waals surface area contributed by atoms with Crippen LogP contribution in [0.2, 0.25) is 0 Å². The maximum Gasteiger partial charge on any atom is 0.489 e. The topological polar surface area (TPSA) is 78.8 Å². The van der Waals surface area contributed by atoms with Gasteiger partial charge in [-0.2, -0.15) is 13.2 Å². The predicted octanol–water partition coefficient (Wildman–Crippen LogP) is -0.483. The highest BCUT2D eigenvalue weighted by Gasteiger charge is 2.26. The molecule has 0 fully saturated rings. The molecule has 0 aromatic heterocycles. The normalized spacial score (nSPS) is 13.7. The monoisotopic (exact) mass is 210 g/mol. The summed E-state index contributed by atoms with van der Waals surface area (Å²) >= 11 is 0. The van der Waals surface area contributed by atoms with Crippen molar-refractivity contribution in [3.63, 3.8) is 0 Å². The van der Waals surface area contributed by atoms with Gasteiger partial charge in [0.15, 0.2) is 0 Å². The van der Waals surface area contributed by atoms with Crippen molar-refractivity contribution in [3.8, 4) is 0 Å². The summed E-state index contributed by atoms with van der Waals surface area (Å²) in [5.41, 5.74) is 4.89.